The van der Waals surface area contributed by atoms with Crippen molar-refractivity contribution in [1.29, 1.82) is 0 Å². The van der Waals surface area contributed by atoms with Crippen LogP contribution in [0.25, 0.3) is 0 Å². The summed E-state index contributed by atoms with van der Waals surface area (Å²) in [4.78, 5) is 9.89. The van der Waals surface area contributed by atoms with Crippen molar-refractivity contribution in [2.24, 2.45) is 0 Å². The van der Waals surface area contributed by atoms with E-state index < -0.39 is 5.60 Å². The number of likely N-dealkylation sites (tertiary alicyclic amines) is 2. The molecule has 140 valence electrons. The van der Waals surface area contributed by atoms with Crippen molar-refractivity contribution in [3.05, 3.63) is 16.1 Å². The summed E-state index contributed by atoms with van der Waals surface area (Å²) in [6.45, 7) is 4.85. The lowest BCUT2D eigenvalue weighted by Gasteiger charge is -2.44. The van der Waals surface area contributed by atoms with E-state index in [4.69, 9.17) is 9.72 Å². The molecule has 0 aromatic carbocycles. The van der Waals surface area contributed by atoms with Crippen LogP contribution in [-0.2, 0) is 16.9 Å². The maximum absolute atomic E-state index is 11.1. The Hall–Kier alpha value is -0.530. The lowest BCUT2D eigenvalue weighted by Crippen LogP contribution is -2.49. The third kappa shape index (κ3) is 3.78. The van der Waals surface area contributed by atoms with Gasteiger partial charge in [-0.3, -0.25) is 4.90 Å². The SMILES string of the molecule is COCC1CCCN1Cc1nc(C2(O)CCN(C3CCC3)CC2)cs1. The summed E-state index contributed by atoms with van der Waals surface area (Å²) in [7, 11) is 1.78. The Balaban J connectivity index is 1.36. The van der Waals surface area contributed by atoms with Crippen LogP contribution in [0.3, 0.4) is 0 Å². The van der Waals surface area contributed by atoms with E-state index >= 15 is 0 Å². The molecule has 3 fully saturated rings. The summed E-state index contributed by atoms with van der Waals surface area (Å²) in [5, 5.41) is 14.4. The lowest BCUT2D eigenvalue weighted by atomic mass is 9.84. The molecule has 5 nitrogen and oxygen atoms in total. The van der Waals surface area contributed by atoms with Gasteiger partial charge in [0, 0.05) is 37.7 Å². The number of thiazole rings is 1. The van der Waals surface area contributed by atoms with Gasteiger partial charge in [-0.1, -0.05) is 6.42 Å². The molecule has 4 rings (SSSR count). The maximum atomic E-state index is 11.1. The van der Waals surface area contributed by atoms with Crippen molar-refractivity contribution in [2.75, 3.05) is 33.4 Å². The standard InChI is InChI=1S/C19H31N3O2S/c1-24-13-16-6-3-9-22(16)12-18-20-17(14-25-18)19(23)7-10-21(11-8-19)15-4-2-5-15/h14-16,23H,2-13H2,1H3. The van der Waals surface area contributed by atoms with Crippen molar-refractivity contribution < 1.29 is 9.84 Å². The minimum atomic E-state index is -0.716. The molecule has 25 heavy (non-hydrogen) atoms. The van der Waals surface area contributed by atoms with Gasteiger partial charge in [0.25, 0.3) is 0 Å². The fourth-order valence-corrected chi connectivity index (χ4v) is 5.43. The molecule has 3 aliphatic rings. The van der Waals surface area contributed by atoms with Crippen molar-refractivity contribution >= 4 is 11.3 Å². The van der Waals surface area contributed by atoms with Gasteiger partial charge in [0.1, 0.15) is 10.6 Å². The van der Waals surface area contributed by atoms with Gasteiger partial charge in [0.05, 0.1) is 18.8 Å². The molecule has 1 N–H and O–H groups in total. The smallest absolute Gasteiger partial charge is 0.110 e. The first-order chi connectivity index (χ1) is 12.2. The van der Waals surface area contributed by atoms with E-state index in [1.165, 1.54) is 32.1 Å². The van der Waals surface area contributed by atoms with E-state index in [1.54, 1.807) is 18.4 Å². The quantitative estimate of drug-likeness (QED) is 0.840. The average Bonchev–Trinajstić information content (AvgIpc) is 3.19. The average molecular weight is 366 g/mol. The third-order valence-corrected chi connectivity index (χ3v) is 7.27. The Morgan fingerprint density at radius 1 is 1.24 bits per heavy atom. The Morgan fingerprint density at radius 2 is 2.04 bits per heavy atom. The molecule has 0 radical (unpaired) electrons. The number of hydrogen-bond acceptors (Lipinski definition) is 6. The zero-order valence-electron chi connectivity index (χ0n) is 15.3. The largest absolute Gasteiger partial charge is 0.383 e. The summed E-state index contributed by atoms with van der Waals surface area (Å²) in [6, 6.07) is 1.30. The normalized spacial score (nSPS) is 28.3. The second-order valence-electron chi connectivity index (χ2n) is 8.00. The summed E-state index contributed by atoms with van der Waals surface area (Å²) in [5.41, 5.74) is 0.189. The first-order valence-electron chi connectivity index (χ1n) is 9.82. The number of piperidine rings is 1. The zero-order valence-corrected chi connectivity index (χ0v) is 16.1. The molecule has 1 saturated carbocycles. The van der Waals surface area contributed by atoms with Crippen molar-refractivity contribution in [1.82, 2.24) is 14.8 Å². The molecule has 1 aliphatic carbocycles. The Morgan fingerprint density at radius 3 is 2.72 bits per heavy atom. The fourth-order valence-electron chi connectivity index (χ4n) is 4.52. The van der Waals surface area contributed by atoms with Gasteiger partial charge in [-0.2, -0.15) is 0 Å². The van der Waals surface area contributed by atoms with Crippen LogP contribution in [0.4, 0.5) is 0 Å². The molecule has 1 aromatic rings. The molecule has 6 heteroatoms. The monoisotopic (exact) mass is 365 g/mol. The Kier molecular flexibility index (Phi) is 5.43. The molecule has 3 heterocycles. The van der Waals surface area contributed by atoms with E-state index in [9.17, 15) is 5.11 Å². The molecule has 1 aromatic heterocycles. The third-order valence-electron chi connectivity index (χ3n) is 6.44. The Bertz CT molecular complexity index is 567. The van der Waals surface area contributed by atoms with Crippen LogP contribution in [0.15, 0.2) is 5.38 Å². The molecule has 1 atom stereocenters. The molecule has 1 unspecified atom stereocenters. The predicted octanol–water partition coefficient (Wildman–Crippen LogP) is 2.59. The fraction of sp³-hybridized carbons (Fsp3) is 0.842. The number of rotatable bonds is 6. The van der Waals surface area contributed by atoms with E-state index in [2.05, 4.69) is 15.2 Å². The molecule has 0 bridgehead atoms. The van der Waals surface area contributed by atoms with Crippen molar-refractivity contribution in [3.8, 4) is 0 Å². The van der Waals surface area contributed by atoms with Crippen LogP contribution in [0.5, 0.6) is 0 Å². The number of ether oxygens (including phenoxy) is 1. The second-order valence-corrected chi connectivity index (χ2v) is 8.94. The van der Waals surface area contributed by atoms with Gasteiger partial charge in [-0.05, 0) is 45.1 Å². The second kappa shape index (κ2) is 7.61. The molecule has 2 saturated heterocycles. The van der Waals surface area contributed by atoms with Gasteiger partial charge in [0.15, 0.2) is 0 Å². The van der Waals surface area contributed by atoms with Crippen LogP contribution in [0.2, 0.25) is 0 Å². The van der Waals surface area contributed by atoms with Crippen LogP contribution in [0, 0.1) is 0 Å². The maximum Gasteiger partial charge on any atom is 0.110 e. The van der Waals surface area contributed by atoms with Gasteiger partial charge in [0.2, 0.25) is 0 Å². The summed E-state index contributed by atoms with van der Waals surface area (Å²) >= 11 is 1.70. The number of aliphatic hydroxyl groups is 1. The minimum Gasteiger partial charge on any atom is -0.383 e. The van der Waals surface area contributed by atoms with Crippen LogP contribution in [-0.4, -0.2) is 65.3 Å². The highest BCUT2D eigenvalue weighted by Gasteiger charge is 2.39. The summed E-state index contributed by atoms with van der Waals surface area (Å²) in [5.74, 6) is 0. The van der Waals surface area contributed by atoms with Gasteiger partial charge >= 0.3 is 0 Å². The Labute approximate surface area is 155 Å². The predicted molar refractivity (Wildman–Crippen MR) is 99.8 cm³/mol. The molecule has 2 aliphatic heterocycles. The number of aromatic nitrogens is 1. The van der Waals surface area contributed by atoms with Crippen LogP contribution < -0.4 is 0 Å². The number of nitrogens with zero attached hydrogens (tertiary/aromatic N) is 3. The van der Waals surface area contributed by atoms with E-state index in [0.29, 0.717) is 6.04 Å². The summed E-state index contributed by atoms with van der Waals surface area (Å²) < 4.78 is 5.35. The van der Waals surface area contributed by atoms with E-state index in [-0.39, 0.29) is 0 Å². The topological polar surface area (TPSA) is 48.8 Å². The first-order valence-corrected chi connectivity index (χ1v) is 10.7. The lowest BCUT2D eigenvalue weighted by molar-refractivity contribution is -0.0468. The summed E-state index contributed by atoms with van der Waals surface area (Å²) in [6.07, 6.45) is 8.17. The first kappa shape index (κ1) is 17.9. The van der Waals surface area contributed by atoms with Crippen molar-refractivity contribution in [3.63, 3.8) is 0 Å². The minimum absolute atomic E-state index is 0.520. The highest BCUT2D eigenvalue weighted by Crippen LogP contribution is 2.37. The van der Waals surface area contributed by atoms with Crippen molar-refractivity contribution in [2.45, 2.75) is 69.2 Å². The molecular weight excluding hydrogens is 334 g/mol. The van der Waals surface area contributed by atoms with Gasteiger partial charge in [-0.25, -0.2) is 4.98 Å². The van der Waals surface area contributed by atoms with E-state index in [1.807, 2.05) is 0 Å². The highest BCUT2D eigenvalue weighted by molar-refractivity contribution is 7.09. The zero-order chi connectivity index (χ0) is 17.3. The van der Waals surface area contributed by atoms with Crippen LogP contribution >= 0.6 is 11.3 Å². The molecular formula is C19H31N3O2S. The molecule has 0 spiro atoms. The van der Waals surface area contributed by atoms with E-state index in [0.717, 1.165) is 62.4 Å². The number of hydrogen-bond donors (Lipinski definition) is 1. The number of methoxy groups -OCH3 is 1. The van der Waals surface area contributed by atoms with Crippen LogP contribution in [0.1, 0.15) is 55.6 Å². The highest BCUT2D eigenvalue weighted by atomic mass is 32.1. The van der Waals surface area contributed by atoms with Gasteiger partial charge in [-0.15, -0.1) is 11.3 Å². The van der Waals surface area contributed by atoms with Gasteiger partial charge < -0.3 is 14.7 Å². The molecule has 0 amide bonds.